The van der Waals surface area contributed by atoms with Crippen LogP contribution in [0.5, 0.6) is 0 Å². The van der Waals surface area contributed by atoms with Gasteiger partial charge in [0.2, 0.25) is 0 Å². The number of hydrogen-bond acceptors (Lipinski definition) is 3. The number of hydrogen-bond donors (Lipinski definition) is 4. The van der Waals surface area contributed by atoms with Crippen LogP contribution in [0.1, 0.15) is 11.1 Å². The van der Waals surface area contributed by atoms with Gasteiger partial charge in [0.15, 0.2) is 0 Å². The maximum Gasteiger partial charge on any atom is 0.275 e. The van der Waals surface area contributed by atoms with Gasteiger partial charge >= 0.3 is 0 Å². The van der Waals surface area contributed by atoms with Gasteiger partial charge in [-0.05, 0) is 17.2 Å². The summed E-state index contributed by atoms with van der Waals surface area (Å²) >= 11 is 0. The highest BCUT2D eigenvalue weighted by atomic mass is 16.1. The molecule has 0 atom stereocenters. The third-order valence-electron chi connectivity index (χ3n) is 5.30. The number of rotatable bonds is 6. The molecule has 0 fully saturated rings. The minimum atomic E-state index is -0.152. The molecule has 0 aliphatic carbocycles. The Kier molecular flexibility index (Phi) is 4.69. The fourth-order valence-corrected chi connectivity index (χ4v) is 3.83. The minimum absolute atomic E-state index is 0.152. The lowest BCUT2D eigenvalue weighted by atomic mass is 10.1. The number of nitrogens with one attached hydrogen (secondary N) is 4. The molecule has 148 valence electrons. The second kappa shape index (κ2) is 7.79. The summed E-state index contributed by atoms with van der Waals surface area (Å²) in [4.78, 5) is 19.3. The Morgan fingerprint density at radius 2 is 1.20 bits per heavy atom. The maximum absolute atomic E-state index is 13.0. The number of benzene rings is 3. The molecule has 0 unspecified atom stereocenters. The van der Waals surface area contributed by atoms with E-state index in [1.54, 1.807) is 0 Å². The molecular weight excluding hydrogens is 372 g/mol. The Labute approximate surface area is 173 Å². The van der Waals surface area contributed by atoms with E-state index in [4.69, 9.17) is 0 Å². The van der Waals surface area contributed by atoms with Crippen molar-refractivity contribution >= 4 is 33.3 Å². The number of para-hydroxylation sites is 1. The van der Waals surface area contributed by atoms with Crippen LogP contribution in [0.3, 0.4) is 0 Å². The van der Waals surface area contributed by atoms with Gasteiger partial charge in [-0.15, -0.1) is 0 Å². The van der Waals surface area contributed by atoms with Crippen LogP contribution in [-0.2, 0) is 13.1 Å². The predicted octanol–water partition coefficient (Wildman–Crippen LogP) is 5.23. The molecule has 0 radical (unpaired) electrons. The average Bonchev–Trinajstić information content (AvgIpc) is 3.16. The van der Waals surface area contributed by atoms with E-state index in [1.807, 2.05) is 66.7 Å². The van der Waals surface area contributed by atoms with E-state index < -0.39 is 0 Å². The first kappa shape index (κ1) is 18.1. The van der Waals surface area contributed by atoms with Crippen LogP contribution >= 0.6 is 0 Å². The van der Waals surface area contributed by atoms with Crippen LogP contribution in [0.4, 0.5) is 11.4 Å². The van der Waals surface area contributed by atoms with Crippen LogP contribution in [-0.4, -0.2) is 9.97 Å². The largest absolute Gasteiger partial charge is 0.379 e. The highest BCUT2D eigenvalue weighted by molar-refractivity contribution is 6.14. The molecular formula is C25H22N4O. The minimum Gasteiger partial charge on any atom is -0.379 e. The number of aromatic amines is 2. The first-order valence-corrected chi connectivity index (χ1v) is 10.0. The van der Waals surface area contributed by atoms with Crippen molar-refractivity contribution in [2.24, 2.45) is 0 Å². The third kappa shape index (κ3) is 3.42. The molecule has 0 spiro atoms. The summed E-state index contributed by atoms with van der Waals surface area (Å²) < 4.78 is 0. The monoisotopic (exact) mass is 394 g/mol. The zero-order valence-corrected chi connectivity index (χ0v) is 16.4. The van der Waals surface area contributed by atoms with Gasteiger partial charge in [-0.2, -0.15) is 0 Å². The summed E-state index contributed by atoms with van der Waals surface area (Å²) in [5.74, 6) is 0. The summed E-state index contributed by atoms with van der Waals surface area (Å²) in [6.07, 6.45) is 0. The van der Waals surface area contributed by atoms with Crippen molar-refractivity contribution in [1.29, 1.82) is 0 Å². The Morgan fingerprint density at radius 3 is 1.87 bits per heavy atom. The number of aromatic nitrogens is 2. The van der Waals surface area contributed by atoms with E-state index in [2.05, 4.69) is 38.8 Å². The second-order valence-electron chi connectivity index (χ2n) is 7.30. The summed E-state index contributed by atoms with van der Waals surface area (Å²) in [6.45, 7) is 1.19. The van der Waals surface area contributed by atoms with Gasteiger partial charge in [0.05, 0.1) is 11.1 Å². The lowest BCUT2D eigenvalue weighted by molar-refractivity contribution is 1.10. The van der Waals surface area contributed by atoms with Crippen molar-refractivity contribution in [3.8, 4) is 0 Å². The molecule has 30 heavy (non-hydrogen) atoms. The van der Waals surface area contributed by atoms with Gasteiger partial charge in [-0.3, -0.25) is 4.79 Å². The predicted molar refractivity (Wildman–Crippen MR) is 124 cm³/mol. The highest BCUT2D eigenvalue weighted by Crippen LogP contribution is 2.34. The summed E-state index contributed by atoms with van der Waals surface area (Å²) in [7, 11) is 0. The first-order valence-electron chi connectivity index (χ1n) is 10.0. The summed E-state index contributed by atoms with van der Waals surface area (Å²) in [5.41, 5.74) is 5.19. The molecule has 0 amide bonds. The number of pyridine rings is 1. The van der Waals surface area contributed by atoms with Gasteiger partial charge in [0.25, 0.3) is 5.56 Å². The molecule has 0 aliphatic rings. The fourth-order valence-electron chi connectivity index (χ4n) is 3.83. The Morgan fingerprint density at radius 1 is 0.633 bits per heavy atom. The van der Waals surface area contributed by atoms with Crippen molar-refractivity contribution in [2.75, 3.05) is 10.6 Å². The van der Waals surface area contributed by atoms with E-state index in [0.29, 0.717) is 18.8 Å². The molecule has 0 aliphatic heterocycles. The van der Waals surface area contributed by atoms with Crippen molar-refractivity contribution in [1.82, 2.24) is 9.97 Å². The molecule has 5 nitrogen and oxygen atoms in total. The quantitative estimate of drug-likeness (QED) is 0.318. The van der Waals surface area contributed by atoms with Gasteiger partial charge in [-0.25, -0.2) is 0 Å². The van der Waals surface area contributed by atoms with Gasteiger partial charge in [-0.1, -0.05) is 78.9 Å². The van der Waals surface area contributed by atoms with Crippen molar-refractivity contribution < 1.29 is 0 Å². The molecule has 2 aromatic heterocycles. The number of fused-ring (bicyclic) bond motifs is 3. The molecule has 5 rings (SSSR count). The number of H-pyrrole nitrogens is 2. The summed E-state index contributed by atoms with van der Waals surface area (Å²) in [6, 6.07) is 28.3. The average molecular weight is 394 g/mol. The molecule has 5 heteroatoms. The zero-order valence-electron chi connectivity index (χ0n) is 16.4. The molecule has 5 aromatic rings. The maximum atomic E-state index is 13.0. The van der Waals surface area contributed by atoms with Crippen LogP contribution in [0.2, 0.25) is 0 Å². The normalized spacial score (nSPS) is 11.1. The fraction of sp³-hybridized carbons (Fsp3) is 0.0800. The van der Waals surface area contributed by atoms with E-state index in [9.17, 15) is 4.79 Å². The van der Waals surface area contributed by atoms with Crippen LogP contribution in [0, 0.1) is 0 Å². The lowest BCUT2D eigenvalue weighted by Crippen LogP contribution is -2.17. The molecule has 0 saturated carbocycles. The highest BCUT2D eigenvalue weighted by Gasteiger charge is 2.17. The van der Waals surface area contributed by atoms with E-state index in [-0.39, 0.29) is 5.56 Å². The lowest BCUT2D eigenvalue weighted by Gasteiger charge is -2.15. The second-order valence-corrected chi connectivity index (χ2v) is 7.30. The molecule has 4 N–H and O–H groups in total. The summed E-state index contributed by atoms with van der Waals surface area (Å²) in [5, 5.41) is 8.94. The Balaban J connectivity index is 1.62. The van der Waals surface area contributed by atoms with E-state index in [0.717, 1.165) is 38.8 Å². The molecule has 2 heterocycles. The van der Waals surface area contributed by atoms with Crippen LogP contribution < -0.4 is 16.2 Å². The topological polar surface area (TPSA) is 72.7 Å². The van der Waals surface area contributed by atoms with Gasteiger partial charge < -0.3 is 20.6 Å². The van der Waals surface area contributed by atoms with Crippen LogP contribution in [0.25, 0.3) is 21.9 Å². The number of anilines is 2. The Bertz CT molecular complexity index is 1350. The van der Waals surface area contributed by atoms with Crippen molar-refractivity contribution in [2.45, 2.75) is 13.1 Å². The van der Waals surface area contributed by atoms with Crippen molar-refractivity contribution in [3.05, 3.63) is 106 Å². The molecule has 0 saturated heterocycles. The SMILES string of the molecule is O=c1[nH]c2[nH]c3ccccc3c2c(NCc2ccccc2)c1NCc1ccccc1. The van der Waals surface area contributed by atoms with Gasteiger partial charge in [0, 0.05) is 24.0 Å². The standard InChI is InChI=1S/C25H22N4O/c30-25-23(27-16-18-11-5-2-6-12-18)22(26-15-17-9-3-1-4-10-17)21-19-13-7-8-14-20(19)28-24(21)29-25/h1-14,27H,15-16H2,(H3,26,28,29,30). The van der Waals surface area contributed by atoms with Crippen LogP contribution in [0.15, 0.2) is 89.7 Å². The molecule has 0 bridgehead atoms. The van der Waals surface area contributed by atoms with E-state index >= 15 is 0 Å². The Hall–Kier alpha value is -3.99. The van der Waals surface area contributed by atoms with Crippen molar-refractivity contribution in [3.63, 3.8) is 0 Å². The molecule has 3 aromatic carbocycles. The third-order valence-corrected chi connectivity index (χ3v) is 5.30. The first-order chi connectivity index (χ1) is 14.8. The zero-order chi connectivity index (χ0) is 20.3. The van der Waals surface area contributed by atoms with E-state index in [1.165, 1.54) is 0 Å². The van der Waals surface area contributed by atoms with Gasteiger partial charge in [0.1, 0.15) is 11.3 Å². The smallest absolute Gasteiger partial charge is 0.275 e.